The van der Waals surface area contributed by atoms with Crippen molar-refractivity contribution < 1.29 is 14.7 Å². The van der Waals surface area contributed by atoms with Crippen LogP contribution in [0, 0.1) is 33.6 Å². The third-order valence-electron chi connectivity index (χ3n) is 5.61. The molecule has 1 fully saturated rings. The molecule has 1 saturated heterocycles. The number of aliphatic carboxylic acids is 1. The largest absolute Gasteiger partial charge is 0.481 e. The van der Waals surface area contributed by atoms with Gasteiger partial charge >= 0.3 is 5.97 Å². The first kappa shape index (κ1) is 18.2. The molecule has 0 aliphatic carbocycles. The van der Waals surface area contributed by atoms with E-state index in [0.717, 1.165) is 28.1 Å². The van der Waals surface area contributed by atoms with Gasteiger partial charge in [-0.3, -0.25) is 14.3 Å². The van der Waals surface area contributed by atoms with Crippen LogP contribution in [-0.4, -0.2) is 44.8 Å². The lowest BCUT2D eigenvalue weighted by molar-refractivity contribution is -0.141. The maximum atomic E-state index is 12.8. The Morgan fingerprint density at radius 3 is 2.42 bits per heavy atom. The maximum Gasteiger partial charge on any atom is 0.308 e. The van der Waals surface area contributed by atoms with Crippen LogP contribution in [0.2, 0.25) is 0 Å². The fraction of sp³-hybridized carbons (Fsp3) is 0.450. The zero-order valence-electron chi connectivity index (χ0n) is 15.7. The number of nitrogens with zero attached hydrogens (tertiary/aromatic N) is 3. The van der Waals surface area contributed by atoms with Gasteiger partial charge in [0, 0.05) is 24.7 Å². The van der Waals surface area contributed by atoms with Gasteiger partial charge < -0.3 is 10.0 Å². The van der Waals surface area contributed by atoms with Crippen LogP contribution in [0.4, 0.5) is 0 Å². The number of rotatable bonds is 4. The van der Waals surface area contributed by atoms with Crippen molar-refractivity contribution in [2.24, 2.45) is 5.92 Å². The summed E-state index contributed by atoms with van der Waals surface area (Å²) in [4.78, 5) is 26.2. The minimum atomic E-state index is -0.851. The molecular formula is C20H25N3O3. The predicted octanol–water partition coefficient (Wildman–Crippen LogP) is 2.44. The highest BCUT2D eigenvalue weighted by atomic mass is 16.4. The lowest BCUT2D eigenvalue weighted by Gasteiger charge is -2.18. The number of aromatic nitrogens is 2. The molecule has 1 aromatic carbocycles. The summed E-state index contributed by atoms with van der Waals surface area (Å²) in [6.45, 7) is 8.66. The minimum Gasteiger partial charge on any atom is -0.481 e. The van der Waals surface area contributed by atoms with Gasteiger partial charge in [0.05, 0.1) is 11.6 Å². The van der Waals surface area contributed by atoms with Crippen LogP contribution in [0.5, 0.6) is 0 Å². The number of carboxylic acids is 1. The smallest absolute Gasteiger partial charge is 0.308 e. The van der Waals surface area contributed by atoms with Crippen molar-refractivity contribution in [3.05, 3.63) is 52.3 Å². The molecule has 2 aromatic rings. The molecule has 0 saturated carbocycles. The van der Waals surface area contributed by atoms with Crippen molar-refractivity contribution in [2.75, 3.05) is 13.1 Å². The highest BCUT2D eigenvalue weighted by molar-refractivity contribution is 5.79. The van der Waals surface area contributed by atoms with Crippen molar-refractivity contribution in [3.63, 3.8) is 0 Å². The van der Waals surface area contributed by atoms with E-state index in [-0.39, 0.29) is 24.9 Å². The molecule has 0 spiro atoms. The number of benzene rings is 1. The van der Waals surface area contributed by atoms with Gasteiger partial charge in [0.15, 0.2) is 0 Å². The summed E-state index contributed by atoms with van der Waals surface area (Å²) in [5.74, 6) is -1.70. The molecule has 26 heavy (non-hydrogen) atoms. The molecule has 1 aliphatic rings. The summed E-state index contributed by atoms with van der Waals surface area (Å²) in [5, 5.41) is 14.1. The van der Waals surface area contributed by atoms with Gasteiger partial charge in [-0.1, -0.05) is 24.3 Å². The van der Waals surface area contributed by atoms with Gasteiger partial charge in [-0.15, -0.1) is 0 Å². The molecule has 1 aromatic heterocycles. The first-order valence-corrected chi connectivity index (χ1v) is 8.86. The minimum absolute atomic E-state index is 0.0852. The second-order valence-electron chi connectivity index (χ2n) is 7.16. The first-order chi connectivity index (χ1) is 12.3. The zero-order valence-corrected chi connectivity index (χ0v) is 15.7. The summed E-state index contributed by atoms with van der Waals surface area (Å²) in [7, 11) is 0. The molecule has 138 valence electrons. The van der Waals surface area contributed by atoms with E-state index in [1.165, 1.54) is 0 Å². The molecule has 3 rings (SSSR count). The van der Waals surface area contributed by atoms with Crippen LogP contribution in [0.25, 0.3) is 0 Å². The Morgan fingerprint density at radius 1 is 1.15 bits per heavy atom. The average molecular weight is 355 g/mol. The average Bonchev–Trinajstić information content (AvgIpc) is 3.14. The van der Waals surface area contributed by atoms with Crippen molar-refractivity contribution >= 4 is 11.9 Å². The summed E-state index contributed by atoms with van der Waals surface area (Å²) in [6.07, 6.45) is 0. The number of aryl methyl sites for hydroxylation is 2. The Balaban J connectivity index is 1.81. The van der Waals surface area contributed by atoms with E-state index in [1.807, 2.05) is 52.0 Å². The summed E-state index contributed by atoms with van der Waals surface area (Å²) < 4.78 is 1.71. The normalized spacial score (nSPS) is 19.8. The molecule has 6 heteroatoms. The van der Waals surface area contributed by atoms with Crippen LogP contribution in [0.1, 0.15) is 34.0 Å². The van der Waals surface area contributed by atoms with Crippen molar-refractivity contribution in [1.29, 1.82) is 0 Å². The Morgan fingerprint density at radius 2 is 1.85 bits per heavy atom. The van der Waals surface area contributed by atoms with Gasteiger partial charge in [-0.25, -0.2) is 0 Å². The predicted molar refractivity (Wildman–Crippen MR) is 98.1 cm³/mol. The van der Waals surface area contributed by atoms with Gasteiger partial charge in [0.2, 0.25) is 5.91 Å². The Kier molecular flexibility index (Phi) is 4.85. The monoisotopic (exact) mass is 355 g/mol. The number of hydrogen-bond acceptors (Lipinski definition) is 3. The van der Waals surface area contributed by atoms with Crippen LogP contribution in [0.15, 0.2) is 24.3 Å². The van der Waals surface area contributed by atoms with Crippen molar-refractivity contribution in [2.45, 2.75) is 40.2 Å². The lowest BCUT2D eigenvalue weighted by atomic mass is 9.86. The number of carbonyl (C=O) groups excluding carboxylic acids is 1. The molecule has 1 amide bonds. The van der Waals surface area contributed by atoms with E-state index in [0.29, 0.717) is 6.54 Å². The molecule has 0 radical (unpaired) electrons. The molecule has 2 atom stereocenters. The van der Waals surface area contributed by atoms with E-state index in [4.69, 9.17) is 0 Å². The fourth-order valence-corrected chi connectivity index (χ4v) is 3.74. The van der Waals surface area contributed by atoms with Crippen molar-refractivity contribution in [3.8, 4) is 0 Å². The maximum absolute atomic E-state index is 12.8. The summed E-state index contributed by atoms with van der Waals surface area (Å²) in [5.41, 5.74) is 5.04. The van der Waals surface area contributed by atoms with Gasteiger partial charge in [-0.2, -0.15) is 5.10 Å². The Hall–Kier alpha value is -2.63. The van der Waals surface area contributed by atoms with Crippen LogP contribution < -0.4 is 0 Å². The van der Waals surface area contributed by atoms with Crippen molar-refractivity contribution in [1.82, 2.24) is 14.7 Å². The standard InChI is InChI=1S/C20H25N3O3/c1-12-7-5-6-8-16(12)17-9-22(10-18(17)20(25)26)19(24)11-23-15(4)13(2)14(3)21-23/h5-8,17-18H,9-11H2,1-4H3,(H,25,26)/t17-,18+/m1/s1. The number of carboxylic acid groups (broad SMARTS) is 1. The molecule has 0 unspecified atom stereocenters. The first-order valence-electron chi connectivity index (χ1n) is 8.86. The van der Waals surface area contributed by atoms with Crippen LogP contribution >= 0.6 is 0 Å². The fourth-order valence-electron chi connectivity index (χ4n) is 3.74. The third kappa shape index (κ3) is 3.23. The molecule has 0 bridgehead atoms. The molecule has 6 nitrogen and oxygen atoms in total. The van der Waals surface area contributed by atoms with E-state index in [1.54, 1.807) is 9.58 Å². The van der Waals surface area contributed by atoms with Gasteiger partial charge in [-0.05, 0) is 44.4 Å². The second-order valence-corrected chi connectivity index (χ2v) is 7.16. The number of likely N-dealkylation sites (tertiary alicyclic amines) is 1. The topological polar surface area (TPSA) is 75.4 Å². The van der Waals surface area contributed by atoms with E-state index < -0.39 is 11.9 Å². The molecule has 1 aliphatic heterocycles. The number of hydrogen-bond donors (Lipinski definition) is 1. The summed E-state index contributed by atoms with van der Waals surface area (Å²) >= 11 is 0. The lowest BCUT2D eigenvalue weighted by Crippen LogP contribution is -2.33. The van der Waals surface area contributed by atoms with E-state index in [2.05, 4.69) is 5.10 Å². The Bertz CT molecular complexity index is 856. The highest BCUT2D eigenvalue weighted by Gasteiger charge is 2.41. The Labute approximate surface area is 153 Å². The van der Waals surface area contributed by atoms with Gasteiger partial charge in [0.25, 0.3) is 0 Å². The van der Waals surface area contributed by atoms with Gasteiger partial charge in [0.1, 0.15) is 6.54 Å². The second kappa shape index (κ2) is 6.94. The molecular weight excluding hydrogens is 330 g/mol. The quantitative estimate of drug-likeness (QED) is 0.914. The molecule has 1 N–H and O–H groups in total. The highest BCUT2D eigenvalue weighted by Crippen LogP contribution is 2.34. The van der Waals surface area contributed by atoms with Crippen LogP contribution in [0.3, 0.4) is 0 Å². The zero-order chi connectivity index (χ0) is 19.0. The SMILES string of the molecule is Cc1ccccc1[C@H]1CN(C(=O)Cn2nc(C)c(C)c2C)C[C@@H]1C(=O)O. The number of carbonyl (C=O) groups is 2. The number of amides is 1. The third-order valence-corrected chi connectivity index (χ3v) is 5.61. The van der Waals surface area contributed by atoms with E-state index >= 15 is 0 Å². The van der Waals surface area contributed by atoms with E-state index in [9.17, 15) is 14.7 Å². The molecule has 2 heterocycles. The van der Waals surface area contributed by atoms with Crippen LogP contribution in [-0.2, 0) is 16.1 Å². The summed E-state index contributed by atoms with van der Waals surface area (Å²) in [6, 6.07) is 7.81.